The lowest BCUT2D eigenvalue weighted by Crippen LogP contribution is -2.47. The van der Waals surface area contributed by atoms with Gasteiger partial charge in [-0.15, -0.1) is 0 Å². The predicted octanol–water partition coefficient (Wildman–Crippen LogP) is 0.145. The van der Waals surface area contributed by atoms with Crippen LogP contribution in [-0.2, 0) is 14.3 Å². The molecule has 3 saturated heterocycles. The molecule has 1 amide bonds. The number of carbonyl (C=O) groups excluding carboxylic acids is 1. The van der Waals surface area contributed by atoms with Crippen molar-refractivity contribution in [3.05, 3.63) is 0 Å². The maximum absolute atomic E-state index is 12.1. The molecule has 2 unspecified atom stereocenters. The van der Waals surface area contributed by atoms with Gasteiger partial charge in [0.15, 0.2) is 0 Å². The Morgan fingerprint density at radius 2 is 1.83 bits per heavy atom. The first kappa shape index (κ1) is 12.4. The molecule has 0 aliphatic carbocycles. The molecular weight excluding hydrogens is 232 g/mol. The smallest absolute Gasteiger partial charge is 0.248 e. The molecule has 3 heterocycles. The average molecular weight is 254 g/mol. The monoisotopic (exact) mass is 254 g/mol. The summed E-state index contributed by atoms with van der Waals surface area (Å²) in [5, 5.41) is 3.29. The first-order valence-electron chi connectivity index (χ1n) is 7.07. The second-order valence-electron chi connectivity index (χ2n) is 5.52. The molecule has 18 heavy (non-hydrogen) atoms. The highest BCUT2D eigenvalue weighted by molar-refractivity contribution is 5.77. The molecule has 0 aromatic rings. The van der Waals surface area contributed by atoms with Crippen LogP contribution in [0.5, 0.6) is 0 Å². The Morgan fingerprint density at radius 3 is 2.50 bits per heavy atom. The van der Waals surface area contributed by atoms with Crippen LogP contribution < -0.4 is 5.32 Å². The highest BCUT2D eigenvalue weighted by atomic mass is 16.5. The molecule has 0 radical (unpaired) electrons. The van der Waals surface area contributed by atoms with Crippen molar-refractivity contribution in [1.82, 2.24) is 10.2 Å². The molecule has 0 spiro atoms. The second kappa shape index (κ2) is 5.55. The van der Waals surface area contributed by atoms with Gasteiger partial charge in [0.05, 0.1) is 18.3 Å². The molecule has 5 heteroatoms. The van der Waals surface area contributed by atoms with Crippen LogP contribution >= 0.6 is 0 Å². The van der Waals surface area contributed by atoms with Gasteiger partial charge in [0.2, 0.25) is 5.91 Å². The van der Waals surface area contributed by atoms with E-state index < -0.39 is 0 Å². The molecule has 3 rings (SSSR count). The summed E-state index contributed by atoms with van der Waals surface area (Å²) in [7, 11) is 0. The lowest BCUT2D eigenvalue weighted by Gasteiger charge is -2.32. The molecule has 3 aliphatic heterocycles. The van der Waals surface area contributed by atoms with Crippen LogP contribution in [0.15, 0.2) is 0 Å². The quantitative estimate of drug-likeness (QED) is 0.778. The minimum absolute atomic E-state index is 0.133. The van der Waals surface area contributed by atoms with Crippen LogP contribution in [0.25, 0.3) is 0 Å². The summed E-state index contributed by atoms with van der Waals surface area (Å²) < 4.78 is 11.4. The summed E-state index contributed by atoms with van der Waals surface area (Å²) in [5.41, 5.74) is 0. The normalized spacial score (nSPS) is 32.8. The Hall–Kier alpha value is -0.650. The number of fused-ring (bicyclic) bond motifs is 2. The molecule has 2 atom stereocenters. The number of nitrogens with zero attached hydrogens (tertiary/aromatic N) is 1. The van der Waals surface area contributed by atoms with Crippen LogP contribution in [-0.4, -0.2) is 61.9 Å². The number of morpholine rings is 1. The van der Waals surface area contributed by atoms with E-state index in [1.54, 1.807) is 0 Å². The lowest BCUT2D eigenvalue weighted by atomic mass is 10.1. The van der Waals surface area contributed by atoms with Crippen molar-refractivity contribution in [2.24, 2.45) is 0 Å². The number of carbonyl (C=O) groups is 1. The van der Waals surface area contributed by atoms with E-state index >= 15 is 0 Å². The molecule has 0 saturated carbocycles. The van der Waals surface area contributed by atoms with Crippen molar-refractivity contribution < 1.29 is 14.3 Å². The van der Waals surface area contributed by atoms with Crippen molar-refractivity contribution in [2.75, 3.05) is 32.8 Å². The van der Waals surface area contributed by atoms with Crippen molar-refractivity contribution >= 4 is 5.91 Å². The minimum Gasteiger partial charge on any atom is -0.371 e. The van der Waals surface area contributed by atoms with E-state index in [2.05, 4.69) is 5.32 Å². The third kappa shape index (κ3) is 2.84. The van der Waals surface area contributed by atoms with E-state index in [-0.39, 0.29) is 30.8 Å². The Labute approximate surface area is 108 Å². The molecular formula is C13H22N2O3. The van der Waals surface area contributed by atoms with Crippen LogP contribution in [0.3, 0.4) is 0 Å². The molecule has 3 aliphatic rings. The summed E-state index contributed by atoms with van der Waals surface area (Å²) >= 11 is 0. The van der Waals surface area contributed by atoms with Crippen molar-refractivity contribution in [1.29, 1.82) is 0 Å². The van der Waals surface area contributed by atoms with Crippen molar-refractivity contribution in [2.45, 2.75) is 44.0 Å². The van der Waals surface area contributed by atoms with Gasteiger partial charge in [-0.25, -0.2) is 0 Å². The van der Waals surface area contributed by atoms with Gasteiger partial charge >= 0.3 is 0 Å². The van der Waals surface area contributed by atoms with Crippen LogP contribution in [0, 0.1) is 0 Å². The summed E-state index contributed by atoms with van der Waals surface area (Å²) in [6, 6.07) is 0. The molecule has 5 nitrogen and oxygen atoms in total. The van der Waals surface area contributed by atoms with E-state index in [0.29, 0.717) is 0 Å². The molecule has 3 fully saturated rings. The number of ether oxygens (including phenoxy) is 2. The number of hydrogen-bond acceptors (Lipinski definition) is 4. The fourth-order valence-corrected chi connectivity index (χ4v) is 3.06. The van der Waals surface area contributed by atoms with Crippen molar-refractivity contribution in [3.63, 3.8) is 0 Å². The average Bonchev–Trinajstić information content (AvgIpc) is 2.76. The number of likely N-dealkylation sites (tertiary alicyclic amines) is 1. The zero-order chi connectivity index (χ0) is 12.4. The fraction of sp³-hybridized carbons (Fsp3) is 0.923. The van der Waals surface area contributed by atoms with E-state index in [9.17, 15) is 4.79 Å². The first-order valence-corrected chi connectivity index (χ1v) is 7.07. The highest BCUT2D eigenvalue weighted by Crippen LogP contribution is 2.26. The van der Waals surface area contributed by atoms with E-state index in [1.165, 1.54) is 0 Å². The third-order valence-electron chi connectivity index (χ3n) is 4.12. The van der Waals surface area contributed by atoms with Gasteiger partial charge in [0.25, 0.3) is 0 Å². The zero-order valence-corrected chi connectivity index (χ0v) is 10.8. The zero-order valence-electron chi connectivity index (χ0n) is 10.8. The van der Waals surface area contributed by atoms with Crippen LogP contribution in [0.1, 0.15) is 25.7 Å². The van der Waals surface area contributed by atoms with E-state index in [0.717, 1.165) is 51.9 Å². The topological polar surface area (TPSA) is 50.8 Å². The standard InChI is InChI=1S/C13H22N2O3/c16-13(9-17-10-3-5-14-6-4-10)15-7-11-1-2-12(8-15)18-11/h10-12,14H,1-9H2. The van der Waals surface area contributed by atoms with Gasteiger partial charge < -0.3 is 19.7 Å². The fourth-order valence-electron chi connectivity index (χ4n) is 3.06. The van der Waals surface area contributed by atoms with Gasteiger partial charge in [-0.1, -0.05) is 0 Å². The maximum Gasteiger partial charge on any atom is 0.248 e. The lowest BCUT2D eigenvalue weighted by molar-refractivity contribution is -0.147. The Kier molecular flexibility index (Phi) is 3.82. The number of amides is 1. The summed E-state index contributed by atoms with van der Waals surface area (Å²) in [5.74, 6) is 0.133. The minimum atomic E-state index is 0.133. The second-order valence-corrected chi connectivity index (χ2v) is 5.52. The van der Waals surface area contributed by atoms with Crippen molar-refractivity contribution in [3.8, 4) is 0 Å². The summed E-state index contributed by atoms with van der Waals surface area (Å²) in [6.07, 6.45) is 5.03. The molecule has 0 aromatic carbocycles. The van der Waals surface area contributed by atoms with Crippen LogP contribution in [0.2, 0.25) is 0 Å². The Balaban J connectivity index is 1.43. The predicted molar refractivity (Wildman–Crippen MR) is 66.3 cm³/mol. The number of hydrogen-bond donors (Lipinski definition) is 1. The number of rotatable bonds is 3. The van der Waals surface area contributed by atoms with Gasteiger partial charge in [-0.3, -0.25) is 4.79 Å². The van der Waals surface area contributed by atoms with Gasteiger partial charge in [0, 0.05) is 13.1 Å². The molecule has 1 N–H and O–H groups in total. The first-order chi connectivity index (χ1) is 8.81. The molecule has 2 bridgehead atoms. The highest BCUT2D eigenvalue weighted by Gasteiger charge is 2.35. The third-order valence-corrected chi connectivity index (χ3v) is 4.12. The SMILES string of the molecule is O=C(COC1CCNCC1)N1CC2CCC(C1)O2. The summed E-state index contributed by atoms with van der Waals surface area (Å²) in [4.78, 5) is 14.0. The molecule has 0 aromatic heterocycles. The van der Waals surface area contributed by atoms with Crippen LogP contribution in [0.4, 0.5) is 0 Å². The van der Waals surface area contributed by atoms with Gasteiger partial charge in [-0.2, -0.15) is 0 Å². The van der Waals surface area contributed by atoms with Gasteiger partial charge in [-0.05, 0) is 38.8 Å². The summed E-state index contributed by atoms with van der Waals surface area (Å²) in [6.45, 7) is 3.75. The molecule has 102 valence electrons. The largest absolute Gasteiger partial charge is 0.371 e. The van der Waals surface area contributed by atoms with E-state index in [1.807, 2.05) is 4.90 Å². The Bertz CT molecular complexity index is 293. The Morgan fingerprint density at radius 1 is 1.17 bits per heavy atom. The number of piperidine rings is 1. The number of nitrogens with one attached hydrogen (secondary N) is 1. The maximum atomic E-state index is 12.1. The van der Waals surface area contributed by atoms with E-state index in [4.69, 9.17) is 9.47 Å². The van der Waals surface area contributed by atoms with Gasteiger partial charge in [0.1, 0.15) is 6.61 Å².